The van der Waals surface area contributed by atoms with E-state index in [1.54, 1.807) is 0 Å². The van der Waals surface area contributed by atoms with Crippen molar-refractivity contribution in [1.82, 2.24) is 0 Å². The summed E-state index contributed by atoms with van der Waals surface area (Å²) >= 11 is 0. The molecule has 1 aliphatic rings. The summed E-state index contributed by atoms with van der Waals surface area (Å²) in [6.45, 7) is 2.28. The number of para-hydroxylation sites is 1. The van der Waals surface area contributed by atoms with Crippen molar-refractivity contribution in [3.05, 3.63) is 30.3 Å². The third-order valence-corrected chi connectivity index (χ3v) is 3.03. The van der Waals surface area contributed by atoms with Gasteiger partial charge in [0.2, 0.25) is 0 Å². The lowest BCUT2D eigenvalue weighted by atomic mass is 9.76. The van der Waals surface area contributed by atoms with Crippen molar-refractivity contribution in [2.24, 2.45) is 0 Å². The highest BCUT2D eigenvalue weighted by molar-refractivity contribution is 5.85. The van der Waals surface area contributed by atoms with E-state index in [2.05, 4.69) is 5.32 Å². The van der Waals surface area contributed by atoms with Gasteiger partial charge in [-0.05, 0) is 38.3 Å². The van der Waals surface area contributed by atoms with Crippen molar-refractivity contribution in [2.45, 2.75) is 31.7 Å². The van der Waals surface area contributed by atoms with E-state index >= 15 is 0 Å². The van der Waals surface area contributed by atoms with Crippen LogP contribution in [-0.2, 0) is 9.53 Å². The molecule has 0 atom stereocenters. The van der Waals surface area contributed by atoms with Gasteiger partial charge in [0.25, 0.3) is 0 Å². The number of anilines is 1. The Bertz CT molecular complexity index is 357. The van der Waals surface area contributed by atoms with E-state index in [1.807, 2.05) is 37.3 Å². The maximum absolute atomic E-state index is 11.9. The SMILES string of the molecule is CCOC(=O)C1(Nc2ccccc2)CCC1. The van der Waals surface area contributed by atoms with Gasteiger partial charge in [0, 0.05) is 5.69 Å². The van der Waals surface area contributed by atoms with Crippen molar-refractivity contribution < 1.29 is 9.53 Å². The van der Waals surface area contributed by atoms with Gasteiger partial charge in [0.1, 0.15) is 5.54 Å². The molecule has 1 aliphatic carbocycles. The molecule has 2 rings (SSSR count). The summed E-state index contributed by atoms with van der Waals surface area (Å²) in [5, 5.41) is 3.30. The number of benzene rings is 1. The second-order valence-corrected chi connectivity index (χ2v) is 4.15. The monoisotopic (exact) mass is 219 g/mol. The van der Waals surface area contributed by atoms with Crippen LogP contribution in [0, 0.1) is 0 Å². The van der Waals surface area contributed by atoms with Gasteiger partial charge in [-0.25, -0.2) is 4.79 Å². The Morgan fingerprint density at radius 1 is 1.38 bits per heavy atom. The second-order valence-electron chi connectivity index (χ2n) is 4.15. The third kappa shape index (κ3) is 2.03. The number of nitrogens with one attached hydrogen (secondary N) is 1. The van der Waals surface area contributed by atoms with Crippen LogP contribution < -0.4 is 5.32 Å². The normalized spacial score (nSPS) is 17.3. The Kier molecular flexibility index (Phi) is 3.13. The quantitative estimate of drug-likeness (QED) is 0.791. The molecule has 0 aromatic heterocycles. The summed E-state index contributed by atoms with van der Waals surface area (Å²) < 4.78 is 5.12. The highest BCUT2D eigenvalue weighted by Crippen LogP contribution is 2.36. The molecular weight excluding hydrogens is 202 g/mol. The molecule has 0 aliphatic heterocycles. The Balaban J connectivity index is 2.08. The van der Waals surface area contributed by atoms with E-state index in [1.165, 1.54) is 0 Å². The average molecular weight is 219 g/mol. The van der Waals surface area contributed by atoms with Gasteiger partial charge in [-0.3, -0.25) is 0 Å². The molecule has 86 valence electrons. The molecule has 1 fully saturated rings. The Labute approximate surface area is 95.8 Å². The molecule has 0 spiro atoms. The molecule has 0 saturated heterocycles. The third-order valence-electron chi connectivity index (χ3n) is 3.03. The summed E-state index contributed by atoms with van der Waals surface area (Å²) in [6, 6.07) is 9.82. The van der Waals surface area contributed by atoms with Crippen molar-refractivity contribution in [3.63, 3.8) is 0 Å². The molecule has 0 heterocycles. The second kappa shape index (κ2) is 4.56. The fourth-order valence-corrected chi connectivity index (χ4v) is 1.98. The van der Waals surface area contributed by atoms with E-state index in [0.717, 1.165) is 24.9 Å². The van der Waals surface area contributed by atoms with E-state index in [9.17, 15) is 4.79 Å². The van der Waals surface area contributed by atoms with Crippen molar-refractivity contribution in [3.8, 4) is 0 Å². The number of rotatable bonds is 4. The molecule has 1 aromatic rings. The van der Waals surface area contributed by atoms with Gasteiger partial charge in [0.15, 0.2) is 0 Å². The zero-order chi connectivity index (χ0) is 11.4. The summed E-state index contributed by atoms with van der Waals surface area (Å²) in [7, 11) is 0. The minimum absolute atomic E-state index is 0.120. The van der Waals surface area contributed by atoms with Gasteiger partial charge >= 0.3 is 5.97 Å². The lowest BCUT2D eigenvalue weighted by Crippen LogP contribution is -2.53. The van der Waals surface area contributed by atoms with Gasteiger partial charge in [-0.15, -0.1) is 0 Å². The maximum atomic E-state index is 11.9. The first-order chi connectivity index (χ1) is 7.77. The van der Waals surface area contributed by atoms with E-state index in [0.29, 0.717) is 6.61 Å². The van der Waals surface area contributed by atoms with Crippen LogP contribution in [0.3, 0.4) is 0 Å². The molecule has 0 amide bonds. The number of hydrogen-bond acceptors (Lipinski definition) is 3. The Hall–Kier alpha value is -1.51. The molecule has 3 nitrogen and oxygen atoms in total. The summed E-state index contributed by atoms with van der Waals surface area (Å²) in [6.07, 6.45) is 2.81. The Morgan fingerprint density at radius 3 is 2.56 bits per heavy atom. The van der Waals surface area contributed by atoms with E-state index in [-0.39, 0.29) is 5.97 Å². The van der Waals surface area contributed by atoms with Crippen LogP contribution in [0.4, 0.5) is 5.69 Å². The first-order valence-electron chi connectivity index (χ1n) is 5.77. The van der Waals surface area contributed by atoms with Crippen LogP contribution in [0.2, 0.25) is 0 Å². The number of esters is 1. The lowest BCUT2D eigenvalue weighted by Gasteiger charge is -2.40. The van der Waals surface area contributed by atoms with Gasteiger partial charge in [0.05, 0.1) is 6.61 Å². The topological polar surface area (TPSA) is 38.3 Å². The van der Waals surface area contributed by atoms with Crippen molar-refractivity contribution in [1.29, 1.82) is 0 Å². The van der Waals surface area contributed by atoms with Crippen molar-refractivity contribution in [2.75, 3.05) is 11.9 Å². The Morgan fingerprint density at radius 2 is 2.06 bits per heavy atom. The smallest absolute Gasteiger partial charge is 0.331 e. The van der Waals surface area contributed by atoms with Gasteiger partial charge in [-0.1, -0.05) is 18.2 Å². The summed E-state index contributed by atoms with van der Waals surface area (Å²) in [4.78, 5) is 11.9. The van der Waals surface area contributed by atoms with E-state index in [4.69, 9.17) is 4.74 Å². The number of carbonyl (C=O) groups is 1. The standard InChI is InChI=1S/C13H17NO2/c1-2-16-12(15)13(9-6-10-13)14-11-7-4-3-5-8-11/h3-5,7-8,14H,2,6,9-10H2,1H3. The molecule has 1 saturated carbocycles. The lowest BCUT2D eigenvalue weighted by molar-refractivity contribution is -0.151. The minimum Gasteiger partial charge on any atom is -0.464 e. The average Bonchev–Trinajstić information content (AvgIpc) is 2.25. The van der Waals surface area contributed by atoms with Crippen molar-refractivity contribution >= 4 is 11.7 Å². The largest absolute Gasteiger partial charge is 0.464 e. The minimum atomic E-state index is -0.475. The zero-order valence-corrected chi connectivity index (χ0v) is 9.53. The maximum Gasteiger partial charge on any atom is 0.331 e. The van der Waals surface area contributed by atoms with Crippen LogP contribution in [0.1, 0.15) is 26.2 Å². The highest BCUT2D eigenvalue weighted by Gasteiger charge is 2.45. The molecule has 1 aromatic carbocycles. The van der Waals surface area contributed by atoms with Crippen LogP contribution >= 0.6 is 0 Å². The predicted octanol–water partition coefficient (Wildman–Crippen LogP) is 2.58. The van der Waals surface area contributed by atoms with Crippen LogP contribution in [0.25, 0.3) is 0 Å². The first kappa shape index (κ1) is 11.0. The summed E-state index contributed by atoms with van der Waals surface area (Å²) in [5.41, 5.74) is 0.507. The van der Waals surface area contributed by atoms with Gasteiger partial charge < -0.3 is 10.1 Å². The van der Waals surface area contributed by atoms with Crippen LogP contribution in [0.5, 0.6) is 0 Å². The first-order valence-corrected chi connectivity index (χ1v) is 5.77. The van der Waals surface area contributed by atoms with Crippen LogP contribution in [-0.4, -0.2) is 18.1 Å². The molecular formula is C13H17NO2. The zero-order valence-electron chi connectivity index (χ0n) is 9.53. The fourth-order valence-electron chi connectivity index (χ4n) is 1.98. The molecule has 16 heavy (non-hydrogen) atoms. The molecule has 0 unspecified atom stereocenters. The number of ether oxygens (including phenoxy) is 1. The van der Waals surface area contributed by atoms with Crippen LogP contribution in [0.15, 0.2) is 30.3 Å². The predicted molar refractivity (Wildman–Crippen MR) is 63.3 cm³/mol. The molecule has 1 N–H and O–H groups in total. The molecule has 0 radical (unpaired) electrons. The highest BCUT2D eigenvalue weighted by atomic mass is 16.5. The fraction of sp³-hybridized carbons (Fsp3) is 0.462. The molecule has 0 bridgehead atoms. The summed E-state index contributed by atoms with van der Waals surface area (Å²) in [5.74, 6) is -0.120. The number of hydrogen-bond donors (Lipinski definition) is 1. The van der Waals surface area contributed by atoms with Gasteiger partial charge in [-0.2, -0.15) is 0 Å². The molecule has 3 heteroatoms. The van der Waals surface area contributed by atoms with E-state index < -0.39 is 5.54 Å². The number of carbonyl (C=O) groups excluding carboxylic acids is 1.